The van der Waals surface area contributed by atoms with Crippen LogP contribution in [0.4, 0.5) is 4.39 Å². The lowest BCUT2D eigenvalue weighted by molar-refractivity contribution is 0.0693. The van der Waals surface area contributed by atoms with Crippen LogP contribution in [0.2, 0.25) is 0 Å². The second-order valence-corrected chi connectivity index (χ2v) is 6.77. The van der Waals surface area contributed by atoms with Crippen LogP contribution < -0.4 is 0 Å². The number of thioether (sulfide) groups is 1. The van der Waals surface area contributed by atoms with Crippen LogP contribution in [0.15, 0.2) is 50.2 Å². The van der Waals surface area contributed by atoms with Crippen molar-refractivity contribution in [1.29, 1.82) is 0 Å². The summed E-state index contributed by atoms with van der Waals surface area (Å²) in [5.41, 5.74) is 1.18. The van der Waals surface area contributed by atoms with Crippen LogP contribution in [0, 0.1) is 5.82 Å². The summed E-state index contributed by atoms with van der Waals surface area (Å²) in [6, 6.07) is 9.80. The van der Waals surface area contributed by atoms with Gasteiger partial charge in [0.05, 0.1) is 10.0 Å². The fourth-order valence-corrected chi connectivity index (χ4v) is 3.54. The first kappa shape index (κ1) is 15.5. The monoisotopic (exact) mass is 418 g/mol. The van der Waals surface area contributed by atoms with Crippen molar-refractivity contribution >= 4 is 49.6 Å². The van der Waals surface area contributed by atoms with Crippen molar-refractivity contribution in [3.63, 3.8) is 0 Å². The van der Waals surface area contributed by atoms with E-state index >= 15 is 0 Å². The Labute approximate surface area is 136 Å². The van der Waals surface area contributed by atoms with Gasteiger partial charge in [-0.05, 0) is 51.8 Å². The highest BCUT2D eigenvalue weighted by Crippen LogP contribution is 2.30. The molecular formula is C14H9Br2FO2S. The summed E-state index contributed by atoms with van der Waals surface area (Å²) < 4.78 is 14.4. The molecule has 2 rings (SSSR count). The number of carboxylic acids is 1. The minimum Gasteiger partial charge on any atom is -0.478 e. The normalized spacial score (nSPS) is 10.6. The maximum atomic E-state index is 13.1. The van der Waals surface area contributed by atoms with E-state index in [1.54, 1.807) is 30.3 Å². The van der Waals surface area contributed by atoms with Gasteiger partial charge in [-0.15, -0.1) is 11.8 Å². The van der Waals surface area contributed by atoms with Gasteiger partial charge in [-0.3, -0.25) is 0 Å². The molecule has 1 N–H and O–H groups in total. The van der Waals surface area contributed by atoms with E-state index in [0.717, 1.165) is 10.0 Å². The van der Waals surface area contributed by atoms with E-state index < -0.39 is 5.97 Å². The molecule has 0 fully saturated rings. The summed E-state index contributed by atoms with van der Waals surface area (Å²) in [5, 5.41) is 9.15. The molecule has 6 heteroatoms. The lowest BCUT2D eigenvalue weighted by atomic mass is 10.2. The summed E-state index contributed by atoms with van der Waals surface area (Å²) in [4.78, 5) is 11.8. The molecule has 0 aromatic heterocycles. The SMILES string of the molecule is O=C(O)c1ccc(Br)cc1SCc1ccc(F)c(Br)c1. The van der Waals surface area contributed by atoms with Crippen LogP contribution in [-0.4, -0.2) is 11.1 Å². The lowest BCUT2D eigenvalue weighted by Gasteiger charge is -2.07. The molecule has 2 nitrogen and oxygen atoms in total. The van der Waals surface area contributed by atoms with Crippen LogP contribution in [0.1, 0.15) is 15.9 Å². The van der Waals surface area contributed by atoms with Gasteiger partial charge in [-0.2, -0.15) is 0 Å². The summed E-state index contributed by atoms with van der Waals surface area (Å²) in [6.07, 6.45) is 0. The van der Waals surface area contributed by atoms with Crippen molar-refractivity contribution in [2.45, 2.75) is 10.6 Å². The average Bonchev–Trinajstić information content (AvgIpc) is 2.40. The largest absolute Gasteiger partial charge is 0.478 e. The highest BCUT2D eigenvalue weighted by atomic mass is 79.9. The van der Waals surface area contributed by atoms with Crippen LogP contribution in [0.3, 0.4) is 0 Å². The van der Waals surface area contributed by atoms with Crippen molar-refractivity contribution in [3.8, 4) is 0 Å². The molecule has 0 aliphatic heterocycles. The topological polar surface area (TPSA) is 37.3 Å². The molecule has 2 aromatic rings. The van der Waals surface area contributed by atoms with Gasteiger partial charge in [-0.1, -0.05) is 22.0 Å². The van der Waals surface area contributed by atoms with Crippen molar-refractivity contribution in [2.75, 3.05) is 0 Å². The van der Waals surface area contributed by atoms with E-state index in [9.17, 15) is 9.18 Å². The number of aromatic carboxylic acids is 1. The van der Waals surface area contributed by atoms with E-state index in [0.29, 0.717) is 15.1 Å². The van der Waals surface area contributed by atoms with E-state index in [1.165, 1.54) is 17.8 Å². The van der Waals surface area contributed by atoms with E-state index in [1.807, 2.05) is 0 Å². The van der Waals surface area contributed by atoms with Gasteiger partial charge in [0.15, 0.2) is 0 Å². The third-order valence-corrected chi connectivity index (χ3v) is 4.78. The van der Waals surface area contributed by atoms with Crippen molar-refractivity contribution in [3.05, 3.63) is 62.3 Å². The fraction of sp³-hybridized carbons (Fsp3) is 0.0714. The maximum Gasteiger partial charge on any atom is 0.336 e. The Morgan fingerprint density at radius 3 is 2.60 bits per heavy atom. The molecule has 104 valence electrons. The van der Waals surface area contributed by atoms with Gasteiger partial charge in [0, 0.05) is 15.1 Å². The second-order valence-electron chi connectivity index (χ2n) is 3.98. The van der Waals surface area contributed by atoms with Crippen molar-refractivity contribution in [1.82, 2.24) is 0 Å². The molecule has 0 unspecified atom stereocenters. The zero-order chi connectivity index (χ0) is 14.7. The molecule has 2 aromatic carbocycles. The summed E-state index contributed by atoms with van der Waals surface area (Å²) in [5.74, 6) is -0.706. The minimum atomic E-state index is -0.958. The molecule has 0 saturated heterocycles. The lowest BCUT2D eigenvalue weighted by Crippen LogP contribution is -1.98. The Bertz CT molecular complexity index is 662. The molecule has 0 bridgehead atoms. The number of hydrogen-bond donors (Lipinski definition) is 1. The van der Waals surface area contributed by atoms with Gasteiger partial charge < -0.3 is 5.11 Å². The quantitative estimate of drug-likeness (QED) is 0.679. The molecule has 0 saturated carbocycles. The first-order valence-corrected chi connectivity index (χ1v) is 8.14. The highest BCUT2D eigenvalue weighted by Gasteiger charge is 2.11. The zero-order valence-corrected chi connectivity index (χ0v) is 14.1. The van der Waals surface area contributed by atoms with E-state index in [-0.39, 0.29) is 11.4 Å². The molecular weight excluding hydrogens is 411 g/mol. The van der Waals surface area contributed by atoms with Crippen molar-refractivity contribution in [2.24, 2.45) is 0 Å². The highest BCUT2D eigenvalue weighted by molar-refractivity contribution is 9.10. The minimum absolute atomic E-state index is 0.263. The van der Waals surface area contributed by atoms with Gasteiger partial charge in [0.2, 0.25) is 0 Å². The van der Waals surface area contributed by atoms with E-state index in [2.05, 4.69) is 31.9 Å². The summed E-state index contributed by atoms with van der Waals surface area (Å²) in [7, 11) is 0. The van der Waals surface area contributed by atoms with Gasteiger partial charge in [0.1, 0.15) is 5.82 Å². The predicted molar refractivity (Wildman–Crippen MR) is 84.8 cm³/mol. The van der Waals surface area contributed by atoms with Gasteiger partial charge >= 0.3 is 5.97 Å². The molecule has 0 heterocycles. The Balaban J connectivity index is 2.20. The van der Waals surface area contributed by atoms with Crippen LogP contribution in [0.5, 0.6) is 0 Å². The third-order valence-electron chi connectivity index (χ3n) is 2.55. The zero-order valence-electron chi connectivity index (χ0n) is 10.1. The molecule has 0 amide bonds. The number of hydrogen-bond acceptors (Lipinski definition) is 2. The molecule has 0 aliphatic carbocycles. The Morgan fingerprint density at radius 2 is 1.95 bits per heavy atom. The standard InChI is InChI=1S/C14H9Br2FO2S/c15-9-2-3-10(14(18)19)13(6-9)20-7-8-1-4-12(17)11(16)5-8/h1-6H,7H2,(H,18,19). The van der Waals surface area contributed by atoms with Crippen molar-refractivity contribution < 1.29 is 14.3 Å². The van der Waals surface area contributed by atoms with E-state index in [4.69, 9.17) is 5.11 Å². The number of rotatable bonds is 4. The molecule has 20 heavy (non-hydrogen) atoms. The average molecular weight is 420 g/mol. The van der Waals surface area contributed by atoms with Crippen LogP contribution >= 0.6 is 43.6 Å². The predicted octanol–water partition coefficient (Wildman–Crippen LogP) is 5.34. The van der Waals surface area contributed by atoms with Gasteiger partial charge in [-0.25, -0.2) is 9.18 Å². The number of carbonyl (C=O) groups is 1. The smallest absolute Gasteiger partial charge is 0.336 e. The molecule has 0 aliphatic rings. The second kappa shape index (κ2) is 6.74. The Kier molecular flexibility index (Phi) is 5.23. The first-order chi connectivity index (χ1) is 9.47. The van der Waals surface area contributed by atoms with Crippen LogP contribution in [-0.2, 0) is 5.75 Å². The molecule has 0 atom stereocenters. The number of benzene rings is 2. The van der Waals surface area contributed by atoms with Gasteiger partial charge in [0.25, 0.3) is 0 Å². The number of carboxylic acid groups (broad SMARTS) is 1. The molecule has 0 spiro atoms. The maximum absolute atomic E-state index is 13.1. The van der Waals surface area contributed by atoms with Crippen LogP contribution in [0.25, 0.3) is 0 Å². The number of halogens is 3. The third kappa shape index (κ3) is 3.84. The summed E-state index contributed by atoms with van der Waals surface area (Å²) in [6.45, 7) is 0. The molecule has 0 radical (unpaired) electrons. The summed E-state index contributed by atoms with van der Waals surface area (Å²) >= 11 is 7.87. The Hall–Kier alpha value is -0.850. The first-order valence-electron chi connectivity index (χ1n) is 5.57. The fourth-order valence-electron chi connectivity index (χ4n) is 1.58. The Morgan fingerprint density at radius 1 is 1.20 bits per heavy atom.